The molecule has 3 N–H and O–H groups in total. The van der Waals surface area contributed by atoms with Gasteiger partial charge in [-0.2, -0.15) is 0 Å². The Bertz CT molecular complexity index is 374. The van der Waals surface area contributed by atoms with Gasteiger partial charge in [0.25, 0.3) is 0 Å². The maximum atomic E-state index is 11.7. The smallest absolute Gasteiger partial charge is 0.315 e. The van der Waals surface area contributed by atoms with Crippen LogP contribution in [0.1, 0.15) is 32.6 Å². The van der Waals surface area contributed by atoms with Crippen molar-refractivity contribution in [3.8, 4) is 0 Å². The van der Waals surface area contributed by atoms with Gasteiger partial charge < -0.3 is 15.7 Å². The predicted molar refractivity (Wildman–Crippen MR) is 67.2 cm³/mol. The number of nitrogens with one attached hydrogen (secondary N) is 2. The number of amides is 2. The molecule has 2 rings (SSSR count). The molecule has 0 bridgehead atoms. The van der Waals surface area contributed by atoms with Crippen molar-refractivity contribution < 1.29 is 14.7 Å². The first-order valence-electron chi connectivity index (χ1n) is 6.50. The third kappa shape index (κ3) is 3.03. The summed E-state index contributed by atoms with van der Waals surface area (Å²) in [5.74, 6) is -1.31. The second-order valence-corrected chi connectivity index (χ2v) is 5.35. The molecule has 0 aromatic heterocycles. The van der Waals surface area contributed by atoms with Gasteiger partial charge in [0.05, 0.1) is 12.0 Å². The highest BCUT2D eigenvalue weighted by Crippen LogP contribution is 2.47. The second kappa shape index (κ2) is 5.00. The van der Waals surface area contributed by atoms with Crippen LogP contribution in [-0.2, 0) is 4.79 Å². The fourth-order valence-corrected chi connectivity index (χ4v) is 2.31. The second-order valence-electron chi connectivity index (χ2n) is 5.35. The number of hydrogen-bond acceptors (Lipinski definition) is 2. The van der Waals surface area contributed by atoms with E-state index in [1.54, 1.807) is 12.2 Å². The van der Waals surface area contributed by atoms with Gasteiger partial charge in [-0.25, -0.2) is 4.79 Å². The number of rotatable bonds is 5. The average molecular weight is 252 g/mol. The van der Waals surface area contributed by atoms with Crippen LogP contribution in [0.15, 0.2) is 12.2 Å². The first-order valence-corrected chi connectivity index (χ1v) is 6.50. The van der Waals surface area contributed by atoms with E-state index in [0.29, 0.717) is 18.4 Å². The summed E-state index contributed by atoms with van der Waals surface area (Å²) in [6.45, 7) is 2.86. The Balaban J connectivity index is 1.69. The average Bonchev–Trinajstić information content (AvgIpc) is 2.98. The van der Waals surface area contributed by atoms with E-state index in [1.165, 1.54) is 12.8 Å². The van der Waals surface area contributed by atoms with Gasteiger partial charge in [-0.05, 0) is 31.1 Å². The van der Waals surface area contributed by atoms with E-state index < -0.39 is 11.9 Å². The minimum Gasteiger partial charge on any atom is -0.481 e. The standard InChI is InChI=1S/C13H20N2O3/c1-2-13(5-6-13)8-14-12(18)15-10-4-3-9(7-10)11(16)17/h3-4,9-10H,2,5-8H2,1H3,(H,16,17)(H2,14,15,18). The zero-order valence-electron chi connectivity index (χ0n) is 10.6. The third-order valence-electron chi connectivity index (χ3n) is 4.05. The van der Waals surface area contributed by atoms with Crippen LogP contribution in [0.5, 0.6) is 0 Å². The Kier molecular flexibility index (Phi) is 3.59. The van der Waals surface area contributed by atoms with Crippen LogP contribution in [0, 0.1) is 11.3 Å². The SMILES string of the molecule is CCC1(CNC(=O)NC2C=CC(C(=O)O)C2)CC1. The summed E-state index contributed by atoms with van der Waals surface area (Å²) in [5.41, 5.74) is 0.326. The summed E-state index contributed by atoms with van der Waals surface area (Å²) in [6, 6.07) is -0.363. The molecule has 0 heterocycles. The van der Waals surface area contributed by atoms with Crippen LogP contribution in [0.2, 0.25) is 0 Å². The maximum absolute atomic E-state index is 11.7. The Morgan fingerprint density at radius 3 is 2.61 bits per heavy atom. The third-order valence-corrected chi connectivity index (χ3v) is 4.05. The number of carbonyl (C=O) groups excluding carboxylic acids is 1. The van der Waals surface area contributed by atoms with Crippen molar-refractivity contribution in [2.24, 2.45) is 11.3 Å². The van der Waals surface area contributed by atoms with Crippen molar-refractivity contribution in [1.82, 2.24) is 10.6 Å². The molecule has 0 aromatic carbocycles. The predicted octanol–water partition coefficient (Wildman–Crippen LogP) is 1.51. The molecule has 0 aliphatic heterocycles. The fourth-order valence-electron chi connectivity index (χ4n) is 2.31. The van der Waals surface area contributed by atoms with Crippen molar-refractivity contribution >= 4 is 12.0 Å². The van der Waals surface area contributed by atoms with Crippen molar-refractivity contribution in [3.05, 3.63) is 12.2 Å². The summed E-state index contributed by atoms with van der Waals surface area (Å²) in [6.07, 6.45) is 7.31. The highest BCUT2D eigenvalue weighted by Gasteiger charge is 2.40. The van der Waals surface area contributed by atoms with Crippen LogP contribution in [0.4, 0.5) is 4.79 Å². The normalized spacial score (nSPS) is 27.8. The molecule has 0 spiro atoms. The van der Waals surface area contributed by atoms with Crippen LogP contribution in [0.3, 0.4) is 0 Å². The van der Waals surface area contributed by atoms with Crippen LogP contribution < -0.4 is 10.6 Å². The first-order chi connectivity index (χ1) is 8.54. The zero-order valence-corrected chi connectivity index (χ0v) is 10.6. The molecule has 0 aromatic rings. The Hall–Kier alpha value is -1.52. The highest BCUT2D eigenvalue weighted by molar-refractivity contribution is 5.76. The van der Waals surface area contributed by atoms with E-state index >= 15 is 0 Å². The summed E-state index contributed by atoms with van der Waals surface area (Å²) >= 11 is 0. The zero-order chi connectivity index (χ0) is 13.2. The quantitative estimate of drug-likeness (QED) is 0.649. The highest BCUT2D eigenvalue weighted by atomic mass is 16.4. The van der Waals surface area contributed by atoms with Crippen molar-refractivity contribution in [3.63, 3.8) is 0 Å². The molecule has 2 atom stereocenters. The van der Waals surface area contributed by atoms with Gasteiger partial charge in [0.2, 0.25) is 0 Å². The van der Waals surface area contributed by atoms with E-state index in [2.05, 4.69) is 17.6 Å². The van der Waals surface area contributed by atoms with Crippen LogP contribution >= 0.6 is 0 Å². The van der Waals surface area contributed by atoms with Gasteiger partial charge in [0.1, 0.15) is 0 Å². The van der Waals surface area contributed by atoms with Crippen molar-refractivity contribution in [2.75, 3.05) is 6.54 Å². The maximum Gasteiger partial charge on any atom is 0.315 e. The molecule has 0 saturated heterocycles. The van der Waals surface area contributed by atoms with Crippen LogP contribution in [-0.4, -0.2) is 29.7 Å². The molecule has 0 radical (unpaired) electrons. The van der Waals surface area contributed by atoms with Gasteiger partial charge in [-0.15, -0.1) is 0 Å². The Morgan fingerprint density at radius 1 is 1.39 bits per heavy atom. The lowest BCUT2D eigenvalue weighted by Gasteiger charge is -2.16. The van der Waals surface area contributed by atoms with Gasteiger partial charge >= 0.3 is 12.0 Å². The van der Waals surface area contributed by atoms with Gasteiger partial charge in [-0.3, -0.25) is 4.79 Å². The molecule has 2 unspecified atom stereocenters. The summed E-state index contributed by atoms with van der Waals surface area (Å²) in [7, 11) is 0. The molecule has 2 aliphatic rings. The topological polar surface area (TPSA) is 78.4 Å². The fraction of sp³-hybridized carbons (Fsp3) is 0.692. The number of carbonyl (C=O) groups is 2. The minimum atomic E-state index is -0.834. The molecule has 2 aliphatic carbocycles. The van der Waals surface area contributed by atoms with Crippen molar-refractivity contribution in [1.29, 1.82) is 0 Å². The molecule has 5 heteroatoms. The lowest BCUT2D eigenvalue weighted by atomic mass is 10.0. The van der Waals surface area contributed by atoms with Gasteiger partial charge in [0.15, 0.2) is 0 Å². The number of carboxylic acids is 1. The molecular weight excluding hydrogens is 232 g/mol. The van der Waals surface area contributed by atoms with E-state index in [9.17, 15) is 9.59 Å². The minimum absolute atomic E-state index is 0.164. The number of urea groups is 1. The number of carboxylic acid groups (broad SMARTS) is 1. The molecule has 1 saturated carbocycles. The van der Waals surface area contributed by atoms with Crippen LogP contribution in [0.25, 0.3) is 0 Å². The summed E-state index contributed by atoms with van der Waals surface area (Å²) < 4.78 is 0. The molecule has 1 fully saturated rings. The Labute approximate surface area is 107 Å². The van der Waals surface area contributed by atoms with E-state index in [4.69, 9.17) is 5.11 Å². The lowest BCUT2D eigenvalue weighted by molar-refractivity contribution is -0.140. The Morgan fingerprint density at radius 2 is 2.11 bits per heavy atom. The van der Waals surface area contributed by atoms with E-state index in [0.717, 1.165) is 6.42 Å². The van der Waals surface area contributed by atoms with Gasteiger partial charge in [-0.1, -0.05) is 19.1 Å². The molecule has 5 nitrogen and oxygen atoms in total. The first kappa shape index (κ1) is 12.9. The number of hydrogen-bond donors (Lipinski definition) is 3. The lowest BCUT2D eigenvalue weighted by Crippen LogP contribution is -2.43. The summed E-state index contributed by atoms with van der Waals surface area (Å²) in [5, 5.41) is 14.5. The molecule has 100 valence electrons. The molecule has 18 heavy (non-hydrogen) atoms. The molecule has 2 amide bonds. The summed E-state index contributed by atoms with van der Waals surface area (Å²) in [4.78, 5) is 22.4. The van der Waals surface area contributed by atoms with E-state index in [-0.39, 0.29) is 12.1 Å². The largest absolute Gasteiger partial charge is 0.481 e. The van der Waals surface area contributed by atoms with Gasteiger partial charge in [0, 0.05) is 6.54 Å². The number of aliphatic carboxylic acids is 1. The van der Waals surface area contributed by atoms with E-state index in [1.807, 2.05) is 0 Å². The monoisotopic (exact) mass is 252 g/mol. The van der Waals surface area contributed by atoms with Crippen molar-refractivity contribution in [2.45, 2.75) is 38.6 Å². The molecular formula is C13H20N2O3.